The number of rotatable bonds is 4. The Bertz CT molecular complexity index is 753. The van der Waals surface area contributed by atoms with Crippen molar-refractivity contribution in [3.8, 4) is 0 Å². The molecule has 0 heterocycles. The normalized spacial score (nSPS) is 22.5. The molecule has 0 aliphatic heterocycles. The average Bonchev–Trinajstić information content (AvgIpc) is 2.61. The first-order valence-electron chi connectivity index (χ1n) is 8.16. The highest BCUT2D eigenvalue weighted by atomic mass is 16.5. The molecule has 1 aliphatic rings. The summed E-state index contributed by atoms with van der Waals surface area (Å²) < 4.78 is 5.41. The Labute approximate surface area is 141 Å². The SMILES string of the molecule is CCOC(=O)[C@]1(c2ccccc2)CC[C@@H](C(=O)O)c2ccccc21. The summed E-state index contributed by atoms with van der Waals surface area (Å²) >= 11 is 0. The molecule has 0 bridgehead atoms. The molecule has 1 aliphatic carbocycles. The van der Waals surface area contributed by atoms with Gasteiger partial charge >= 0.3 is 11.9 Å². The van der Waals surface area contributed by atoms with Crippen molar-refractivity contribution < 1.29 is 19.4 Å². The molecule has 0 fully saturated rings. The molecule has 0 unspecified atom stereocenters. The summed E-state index contributed by atoms with van der Waals surface area (Å²) in [6.45, 7) is 2.07. The minimum Gasteiger partial charge on any atom is -0.481 e. The number of carboxylic acids is 1. The van der Waals surface area contributed by atoms with Crippen LogP contribution < -0.4 is 0 Å². The lowest BCUT2D eigenvalue weighted by Crippen LogP contribution is -2.43. The fourth-order valence-electron chi connectivity index (χ4n) is 3.70. The Balaban J connectivity index is 2.25. The van der Waals surface area contributed by atoms with E-state index in [1.807, 2.05) is 54.6 Å². The lowest BCUT2D eigenvalue weighted by Gasteiger charge is -2.39. The van der Waals surface area contributed by atoms with Gasteiger partial charge in [0, 0.05) is 0 Å². The number of hydrogen-bond acceptors (Lipinski definition) is 3. The van der Waals surface area contributed by atoms with Gasteiger partial charge in [-0.2, -0.15) is 0 Å². The fourth-order valence-corrected chi connectivity index (χ4v) is 3.70. The maximum atomic E-state index is 13.0. The van der Waals surface area contributed by atoms with E-state index in [1.165, 1.54) is 0 Å². The van der Waals surface area contributed by atoms with Crippen molar-refractivity contribution in [3.05, 3.63) is 71.3 Å². The number of carboxylic acid groups (broad SMARTS) is 1. The molecule has 2 aromatic rings. The Kier molecular flexibility index (Phi) is 4.38. The minimum atomic E-state index is -0.945. The third-order valence-corrected chi connectivity index (χ3v) is 4.79. The van der Waals surface area contributed by atoms with E-state index in [0.717, 1.165) is 11.1 Å². The van der Waals surface area contributed by atoms with Crippen molar-refractivity contribution in [1.29, 1.82) is 0 Å². The van der Waals surface area contributed by atoms with Gasteiger partial charge in [-0.3, -0.25) is 9.59 Å². The predicted molar refractivity (Wildman–Crippen MR) is 89.9 cm³/mol. The number of carbonyl (C=O) groups is 2. The maximum absolute atomic E-state index is 13.0. The summed E-state index contributed by atoms with van der Waals surface area (Å²) in [4.78, 5) is 24.6. The van der Waals surface area contributed by atoms with Gasteiger partial charge in [0.1, 0.15) is 5.41 Å². The molecule has 0 amide bonds. The van der Waals surface area contributed by atoms with Crippen molar-refractivity contribution in [2.24, 2.45) is 0 Å². The number of carbonyl (C=O) groups excluding carboxylic acids is 1. The highest BCUT2D eigenvalue weighted by Crippen LogP contribution is 2.47. The van der Waals surface area contributed by atoms with E-state index in [4.69, 9.17) is 4.74 Å². The van der Waals surface area contributed by atoms with Crippen LogP contribution >= 0.6 is 0 Å². The molecule has 2 aromatic carbocycles. The molecule has 4 heteroatoms. The van der Waals surface area contributed by atoms with Crippen LogP contribution in [0.5, 0.6) is 0 Å². The standard InChI is InChI=1S/C20H20O4/c1-2-24-19(23)20(14-8-4-3-5-9-14)13-12-16(18(21)22)15-10-6-7-11-17(15)20/h3-11,16H,2,12-13H2,1H3,(H,21,22)/t16-,20+/m1/s1. The van der Waals surface area contributed by atoms with E-state index in [2.05, 4.69) is 0 Å². The van der Waals surface area contributed by atoms with Gasteiger partial charge in [0.15, 0.2) is 0 Å². The van der Waals surface area contributed by atoms with Crippen LogP contribution in [0.2, 0.25) is 0 Å². The first kappa shape index (κ1) is 16.2. The van der Waals surface area contributed by atoms with Crippen LogP contribution in [0.15, 0.2) is 54.6 Å². The summed E-state index contributed by atoms with van der Waals surface area (Å²) in [5.41, 5.74) is 1.35. The summed E-state index contributed by atoms with van der Waals surface area (Å²) in [5, 5.41) is 9.55. The zero-order valence-electron chi connectivity index (χ0n) is 13.6. The zero-order valence-corrected chi connectivity index (χ0v) is 13.6. The number of benzene rings is 2. The number of hydrogen-bond donors (Lipinski definition) is 1. The van der Waals surface area contributed by atoms with Gasteiger partial charge < -0.3 is 9.84 Å². The molecule has 1 N–H and O–H groups in total. The van der Waals surface area contributed by atoms with Crippen molar-refractivity contribution in [1.82, 2.24) is 0 Å². The van der Waals surface area contributed by atoms with E-state index < -0.39 is 17.3 Å². The molecule has 0 saturated heterocycles. The largest absolute Gasteiger partial charge is 0.481 e. The van der Waals surface area contributed by atoms with Crippen LogP contribution in [0.25, 0.3) is 0 Å². The molecule has 2 atom stereocenters. The van der Waals surface area contributed by atoms with Crippen LogP contribution in [-0.2, 0) is 19.7 Å². The van der Waals surface area contributed by atoms with Gasteiger partial charge in [-0.1, -0.05) is 54.6 Å². The Morgan fingerprint density at radius 3 is 2.46 bits per heavy atom. The van der Waals surface area contributed by atoms with Gasteiger partial charge in [0.05, 0.1) is 12.5 Å². The highest BCUT2D eigenvalue weighted by Gasteiger charge is 2.49. The maximum Gasteiger partial charge on any atom is 0.321 e. The third-order valence-electron chi connectivity index (χ3n) is 4.79. The lowest BCUT2D eigenvalue weighted by molar-refractivity contribution is -0.150. The molecule has 0 spiro atoms. The van der Waals surface area contributed by atoms with Crippen molar-refractivity contribution >= 4 is 11.9 Å². The van der Waals surface area contributed by atoms with Crippen LogP contribution in [0.1, 0.15) is 42.4 Å². The summed E-state index contributed by atoms with van der Waals surface area (Å²) in [6.07, 6.45) is 0.823. The van der Waals surface area contributed by atoms with E-state index >= 15 is 0 Å². The topological polar surface area (TPSA) is 63.6 Å². The number of esters is 1. The number of ether oxygens (including phenoxy) is 1. The van der Waals surface area contributed by atoms with E-state index in [0.29, 0.717) is 18.4 Å². The highest BCUT2D eigenvalue weighted by molar-refractivity contribution is 5.90. The van der Waals surface area contributed by atoms with Crippen LogP contribution in [0.3, 0.4) is 0 Å². The van der Waals surface area contributed by atoms with Gasteiger partial charge in [-0.25, -0.2) is 0 Å². The molecule has 4 nitrogen and oxygen atoms in total. The van der Waals surface area contributed by atoms with Crippen molar-refractivity contribution in [2.45, 2.75) is 31.1 Å². The van der Waals surface area contributed by atoms with E-state index in [9.17, 15) is 14.7 Å². The smallest absolute Gasteiger partial charge is 0.321 e. The molecule has 124 valence electrons. The molecular formula is C20H20O4. The fraction of sp³-hybridized carbons (Fsp3) is 0.300. The third kappa shape index (κ3) is 2.48. The second-order valence-electron chi connectivity index (χ2n) is 6.01. The molecule has 0 saturated carbocycles. The van der Waals surface area contributed by atoms with Crippen LogP contribution in [-0.4, -0.2) is 23.7 Å². The quantitative estimate of drug-likeness (QED) is 0.874. The molecular weight excluding hydrogens is 304 g/mol. The minimum absolute atomic E-state index is 0.290. The summed E-state index contributed by atoms with van der Waals surface area (Å²) in [5.74, 6) is -1.76. The van der Waals surface area contributed by atoms with E-state index in [-0.39, 0.29) is 12.6 Å². The summed E-state index contributed by atoms with van der Waals surface area (Å²) in [7, 11) is 0. The molecule has 0 radical (unpaired) electrons. The van der Waals surface area contributed by atoms with Gasteiger partial charge in [-0.05, 0) is 36.5 Å². The molecule has 24 heavy (non-hydrogen) atoms. The van der Waals surface area contributed by atoms with Gasteiger partial charge in [-0.15, -0.1) is 0 Å². The number of fused-ring (bicyclic) bond motifs is 1. The number of aliphatic carboxylic acids is 1. The van der Waals surface area contributed by atoms with Crippen LogP contribution in [0.4, 0.5) is 0 Å². The van der Waals surface area contributed by atoms with Gasteiger partial charge in [0.25, 0.3) is 0 Å². The van der Waals surface area contributed by atoms with Crippen LogP contribution in [0, 0.1) is 0 Å². The monoisotopic (exact) mass is 324 g/mol. The summed E-state index contributed by atoms with van der Waals surface area (Å²) in [6, 6.07) is 16.8. The molecule has 3 rings (SSSR count). The molecule has 0 aromatic heterocycles. The first-order chi connectivity index (χ1) is 11.6. The Hall–Kier alpha value is -2.62. The second kappa shape index (κ2) is 6.48. The van der Waals surface area contributed by atoms with Crippen molar-refractivity contribution in [2.75, 3.05) is 6.61 Å². The predicted octanol–water partition coefficient (Wildman–Crippen LogP) is 3.50. The zero-order chi connectivity index (χ0) is 17.2. The van der Waals surface area contributed by atoms with Gasteiger partial charge in [0.2, 0.25) is 0 Å². The first-order valence-corrected chi connectivity index (χ1v) is 8.16. The average molecular weight is 324 g/mol. The Morgan fingerprint density at radius 1 is 1.12 bits per heavy atom. The van der Waals surface area contributed by atoms with E-state index in [1.54, 1.807) is 6.92 Å². The lowest BCUT2D eigenvalue weighted by atomic mass is 9.63. The van der Waals surface area contributed by atoms with Crippen molar-refractivity contribution in [3.63, 3.8) is 0 Å². The Morgan fingerprint density at radius 2 is 1.79 bits per heavy atom. The second-order valence-corrected chi connectivity index (χ2v) is 6.01.